The first kappa shape index (κ1) is 17.1. The Morgan fingerprint density at radius 1 is 1.07 bits per heavy atom. The van der Waals surface area contributed by atoms with Gasteiger partial charge in [0, 0.05) is 11.2 Å². The highest BCUT2D eigenvalue weighted by atomic mass is 35.5. The van der Waals surface area contributed by atoms with Crippen LogP contribution in [0.5, 0.6) is 5.88 Å². The van der Waals surface area contributed by atoms with E-state index in [1.165, 1.54) is 11.7 Å². The number of aromatic nitrogens is 3. The van der Waals surface area contributed by atoms with Gasteiger partial charge in [0.2, 0.25) is 11.8 Å². The summed E-state index contributed by atoms with van der Waals surface area (Å²) in [6.45, 7) is 0. The minimum atomic E-state index is -0.223. The normalized spacial score (nSPS) is 10.7. The van der Waals surface area contributed by atoms with E-state index in [1.54, 1.807) is 36.5 Å². The highest BCUT2D eigenvalue weighted by Crippen LogP contribution is 2.26. The SMILES string of the molecule is COc1ncccc1Nc1nc2ccc(Cl)cc2c(=O)n1-c1ccccc1. The molecule has 0 bridgehead atoms. The average molecular weight is 379 g/mol. The average Bonchev–Trinajstić information content (AvgIpc) is 2.70. The Hall–Kier alpha value is -3.38. The van der Waals surface area contributed by atoms with Crippen LogP contribution in [0.2, 0.25) is 5.02 Å². The molecular formula is C20H15ClN4O2. The molecule has 4 aromatic rings. The molecule has 0 fully saturated rings. The summed E-state index contributed by atoms with van der Waals surface area (Å²) in [4.78, 5) is 22.0. The van der Waals surface area contributed by atoms with E-state index >= 15 is 0 Å². The molecule has 1 N–H and O–H groups in total. The van der Waals surface area contributed by atoms with E-state index < -0.39 is 0 Å². The number of pyridine rings is 1. The predicted octanol–water partition coefficient (Wildman–Crippen LogP) is 4.19. The number of hydrogen-bond donors (Lipinski definition) is 1. The van der Waals surface area contributed by atoms with Crippen LogP contribution in [0.3, 0.4) is 0 Å². The van der Waals surface area contributed by atoms with Gasteiger partial charge in [0.15, 0.2) is 0 Å². The number of anilines is 2. The second-order valence-electron chi connectivity index (χ2n) is 5.76. The molecule has 0 aliphatic rings. The molecule has 4 rings (SSSR count). The maximum Gasteiger partial charge on any atom is 0.267 e. The van der Waals surface area contributed by atoms with Crippen molar-refractivity contribution in [3.63, 3.8) is 0 Å². The third-order valence-electron chi connectivity index (χ3n) is 4.06. The zero-order valence-electron chi connectivity index (χ0n) is 14.4. The molecule has 0 unspecified atom stereocenters. The predicted molar refractivity (Wildman–Crippen MR) is 106 cm³/mol. The zero-order valence-corrected chi connectivity index (χ0v) is 15.1. The van der Waals surface area contributed by atoms with E-state index in [1.807, 2.05) is 30.3 Å². The molecule has 0 saturated carbocycles. The molecule has 0 aliphatic carbocycles. The second-order valence-corrected chi connectivity index (χ2v) is 6.19. The lowest BCUT2D eigenvalue weighted by molar-refractivity contribution is 0.400. The fourth-order valence-electron chi connectivity index (χ4n) is 2.83. The summed E-state index contributed by atoms with van der Waals surface area (Å²) in [7, 11) is 1.54. The lowest BCUT2D eigenvalue weighted by atomic mass is 10.2. The Labute approximate surface area is 160 Å². The number of methoxy groups -OCH3 is 1. The van der Waals surface area contributed by atoms with Gasteiger partial charge in [-0.25, -0.2) is 14.5 Å². The maximum atomic E-state index is 13.2. The van der Waals surface area contributed by atoms with Gasteiger partial charge in [-0.05, 0) is 42.5 Å². The van der Waals surface area contributed by atoms with Crippen molar-refractivity contribution in [1.82, 2.24) is 14.5 Å². The van der Waals surface area contributed by atoms with Crippen LogP contribution >= 0.6 is 11.6 Å². The van der Waals surface area contributed by atoms with Gasteiger partial charge in [-0.3, -0.25) is 4.79 Å². The molecule has 2 aromatic carbocycles. The molecular weight excluding hydrogens is 364 g/mol. The number of para-hydroxylation sites is 1. The molecule has 0 atom stereocenters. The number of benzene rings is 2. The first-order valence-corrected chi connectivity index (χ1v) is 8.59. The third-order valence-corrected chi connectivity index (χ3v) is 4.29. The van der Waals surface area contributed by atoms with Crippen LogP contribution in [0.25, 0.3) is 16.6 Å². The molecule has 0 radical (unpaired) electrons. The van der Waals surface area contributed by atoms with Gasteiger partial charge in [-0.15, -0.1) is 0 Å². The van der Waals surface area contributed by atoms with Gasteiger partial charge in [0.1, 0.15) is 5.69 Å². The summed E-state index contributed by atoms with van der Waals surface area (Å²) in [5, 5.41) is 4.09. The molecule has 0 spiro atoms. The van der Waals surface area contributed by atoms with E-state index in [-0.39, 0.29) is 5.56 Å². The topological polar surface area (TPSA) is 69.0 Å². The third kappa shape index (κ3) is 3.22. The van der Waals surface area contributed by atoms with Crippen molar-refractivity contribution in [1.29, 1.82) is 0 Å². The standard InChI is InChI=1S/C20H15ClN4O2/c1-27-18-17(8-5-11-22-18)24-20-23-16-10-9-13(21)12-15(16)19(26)25(20)14-6-3-2-4-7-14/h2-12H,1H3,(H,23,24). The Morgan fingerprint density at radius 2 is 1.89 bits per heavy atom. The molecule has 2 aromatic heterocycles. The Balaban J connectivity index is 1.98. The van der Waals surface area contributed by atoms with Crippen LogP contribution < -0.4 is 15.6 Å². The van der Waals surface area contributed by atoms with Gasteiger partial charge in [-0.1, -0.05) is 29.8 Å². The lowest BCUT2D eigenvalue weighted by Crippen LogP contribution is -2.23. The van der Waals surface area contributed by atoms with E-state index in [9.17, 15) is 4.79 Å². The zero-order chi connectivity index (χ0) is 18.8. The number of hydrogen-bond acceptors (Lipinski definition) is 5. The number of nitrogens with zero attached hydrogens (tertiary/aromatic N) is 3. The quantitative estimate of drug-likeness (QED) is 0.576. The van der Waals surface area contributed by atoms with Crippen molar-refractivity contribution >= 4 is 34.1 Å². The number of rotatable bonds is 4. The van der Waals surface area contributed by atoms with Gasteiger partial charge in [0.05, 0.1) is 23.7 Å². The summed E-state index contributed by atoms with van der Waals surface area (Å²) in [5.41, 5.74) is 1.60. The molecule has 0 saturated heterocycles. The van der Waals surface area contributed by atoms with Crippen LogP contribution in [0, 0.1) is 0 Å². The van der Waals surface area contributed by atoms with Gasteiger partial charge in [0.25, 0.3) is 5.56 Å². The highest BCUT2D eigenvalue weighted by Gasteiger charge is 2.15. The van der Waals surface area contributed by atoms with Gasteiger partial charge in [-0.2, -0.15) is 0 Å². The lowest BCUT2D eigenvalue weighted by Gasteiger charge is -2.16. The van der Waals surface area contributed by atoms with Crippen molar-refractivity contribution in [3.8, 4) is 11.6 Å². The van der Waals surface area contributed by atoms with Crippen LogP contribution in [-0.4, -0.2) is 21.6 Å². The first-order chi connectivity index (χ1) is 13.2. The molecule has 6 nitrogen and oxygen atoms in total. The smallest absolute Gasteiger partial charge is 0.267 e. The van der Waals surface area contributed by atoms with Gasteiger partial charge < -0.3 is 10.1 Å². The van der Waals surface area contributed by atoms with Crippen molar-refractivity contribution in [2.75, 3.05) is 12.4 Å². The second kappa shape index (κ2) is 7.09. The number of halogens is 1. The monoisotopic (exact) mass is 378 g/mol. The molecule has 27 heavy (non-hydrogen) atoms. The molecule has 0 amide bonds. The van der Waals surface area contributed by atoms with Crippen LogP contribution in [0.1, 0.15) is 0 Å². The maximum absolute atomic E-state index is 13.2. The van der Waals surface area contributed by atoms with Crippen molar-refractivity contribution in [3.05, 3.63) is 82.2 Å². The van der Waals surface area contributed by atoms with Crippen LogP contribution in [-0.2, 0) is 0 Å². The fourth-order valence-corrected chi connectivity index (χ4v) is 3.00. The van der Waals surface area contributed by atoms with Crippen molar-refractivity contribution in [2.24, 2.45) is 0 Å². The molecule has 0 aliphatic heterocycles. The summed E-state index contributed by atoms with van der Waals surface area (Å²) in [6.07, 6.45) is 1.63. The minimum absolute atomic E-state index is 0.223. The van der Waals surface area contributed by atoms with E-state index in [2.05, 4.69) is 15.3 Å². The van der Waals surface area contributed by atoms with E-state index in [0.29, 0.717) is 39.1 Å². The Morgan fingerprint density at radius 3 is 2.67 bits per heavy atom. The number of fused-ring (bicyclic) bond motifs is 1. The Kier molecular flexibility index (Phi) is 4.48. The summed E-state index contributed by atoms with van der Waals surface area (Å²) in [5.74, 6) is 0.759. The van der Waals surface area contributed by atoms with Crippen molar-refractivity contribution in [2.45, 2.75) is 0 Å². The summed E-state index contributed by atoms with van der Waals surface area (Å²) >= 11 is 6.08. The summed E-state index contributed by atoms with van der Waals surface area (Å²) < 4.78 is 6.80. The van der Waals surface area contributed by atoms with Crippen molar-refractivity contribution < 1.29 is 4.74 Å². The number of ether oxygens (including phenoxy) is 1. The fraction of sp³-hybridized carbons (Fsp3) is 0.0500. The molecule has 7 heteroatoms. The summed E-state index contributed by atoms with van der Waals surface area (Å²) in [6, 6.07) is 17.9. The first-order valence-electron chi connectivity index (χ1n) is 8.21. The largest absolute Gasteiger partial charge is 0.480 e. The number of nitrogens with one attached hydrogen (secondary N) is 1. The van der Waals surface area contributed by atoms with Crippen LogP contribution in [0.15, 0.2) is 71.7 Å². The van der Waals surface area contributed by atoms with E-state index in [0.717, 1.165) is 0 Å². The van der Waals surface area contributed by atoms with E-state index in [4.69, 9.17) is 16.3 Å². The molecule has 134 valence electrons. The Bertz CT molecular complexity index is 1180. The van der Waals surface area contributed by atoms with Gasteiger partial charge >= 0.3 is 0 Å². The minimum Gasteiger partial charge on any atom is -0.480 e. The van der Waals surface area contributed by atoms with Crippen LogP contribution in [0.4, 0.5) is 11.6 Å². The molecule has 2 heterocycles. The highest BCUT2D eigenvalue weighted by molar-refractivity contribution is 6.31.